The maximum atomic E-state index is 12.6. The van der Waals surface area contributed by atoms with Crippen molar-refractivity contribution in [1.29, 1.82) is 0 Å². The van der Waals surface area contributed by atoms with Crippen LogP contribution in [0.15, 0.2) is 0 Å². The molecule has 0 saturated carbocycles. The minimum atomic E-state index is -0.746. The van der Waals surface area contributed by atoms with E-state index in [9.17, 15) is 14.7 Å². The predicted octanol–water partition coefficient (Wildman–Crippen LogP) is 2.41. The summed E-state index contributed by atoms with van der Waals surface area (Å²) in [6.07, 6.45) is 3.22. The Balaban J connectivity index is 1.93. The van der Waals surface area contributed by atoms with Gasteiger partial charge in [-0.2, -0.15) is 0 Å². The second-order valence-corrected chi connectivity index (χ2v) is 6.81. The van der Waals surface area contributed by atoms with Crippen LogP contribution in [0, 0.1) is 11.3 Å². The highest BCUT2D eigenvalue weighted by Crippen LogP contribution is 2.32. The number of nitrogens with zero attached hydrogens (tertiary/aromatic N) is 2. The zero-order valence-corrected chi connectivity index (χ0v) is 12.8. The minimum Gasteiger partial charge on any atom is -0.481 e. The van der Waals surface area contributed by atoms with Crippen molar-refractivity contribution in [3.8, 4) is 0 Å². The molecule has 2 atom stereocenters. The molecule has 0 spiro atoms. The van der Waals surface area contributed by atoms with Gasteiger partial charge in [-0.05, 0) is 45.4 Å². The lowest BCUT2D eigenvalue weighted by molar-refractivity contribution is -0.150. The van der Waals surface area contributed by atoms with Crippen molar-refractivity contribution in [3.63, 3.8) is 0 Å². The summed E-state index contributed by atoms with van der Waals surface area (Å²) >= 11 is 0. The lowest BCUT2D eigenvalue weighted by Crippen LogP contribution is -2.54. The first kappa shape index (κ1) is 15.1. The molecule has 114 valence electrons. The van der Waals surface area contributed by atoms with Crippen molar-refractivity contribution >= 4 is 12.0 Å². The number of hydrogen-bond donors (Lipinski definition) is 1. The van der Waals surface area contributed by atoms with Gasteiger partial charge in [-0.3, -0.25) is 4.79 Å². The molecule has 0 aromatic rings. The van der Waals surface area contributed by atoms with Crippen molar-refractivity contribution in [2.75, 3.05) is 19.6 Å². The van der Waals surface area contributed by atoms with Gasteiger partial charge in [0.2, 0.25) is 0 Å². The molecule has 1 N–H and O–H groups in total. The Hall–Kier alpha value is -1.26. The highest BCUT2D eigenvalue weighted by Gasteiger charge is 2.39. The molecular weight excluding hydrogens is 256 g/mol. The van der Waals surface area contributed by atoms with E-state index in [1.807, 2.05) is 9.80 Å². The zero-order valence-electron chi connectivity index (χ0n) is 12.8. The average molecular weight is 282 g/mol. The van der Waals surface area contributed by atoms with Gasteiger partial charge in [-0.15, -0.1) is 0 Å². The van der Waals surface area contributed by atoms with Gasteiger partial charge >= 0.3 is 12.0 Å². The maximum absolute atomic E-state index is 12.6. The number of carboxylic acids is 1. The van der Waals surface area contributed by atoms with E-state index in [0.717, 1.165) is 19.4 Å². The van der Waals surface area contributed by atoms with Gasteiger partial charge in [-0.1, -0.05) is 6.92 Å². The molecule has 0 aromatic carbocycles. The molecule has 0 radical (unpaired) electrons. The second-order valence-electron chi connectivity index (χ2n) is 6.81. The van der Waals surface area contributed by atoms with E-state index in [-0.39, 0.29) is 6.03 Å². The van der Waals surface area contributed by atoms with E-state index in [0.29, 0.717) is 37.9 Å². The molecule has 0 aliphatic carbocycles. The Bertz CT molecular complexity index is 389. The summed E-state index contributed by atoms with van der Waals surface area (Å²) in [4.78, 5) is 27.6. The van der Waals surface area contributed by atoms with Gasteiger partial charge in [-0.25, -0.2) is 4.79 Å². The SMILES string of the molecule is CC1CCN(C(=O)N2CCC(C)(C(=O)O)CC2)C(C)C1. The normalized spacial score (nSPS) is 30.1. The van der Waals surface area contributed by atoms with Crippen LogP contribution in [0.3, 0.4) is 0 Å². The van der Waals surface area contributed by atoms with Gasteiger partial charge < -0.3 is 14.9 Å². The van der Waals surface area contributed by atoms with Crippen molar-refractivity contribution in [2.24, 2.45) is 11.3 Å². The van der Waals surface area contributed by atoms with Crippen molar-refractivity contribution < 1.29 is 14.7 Å². The molecule has 2 rings (SSSR count). The number of piperidine rings is 2. The van der Waals surface area contributed by atoms with Gasteiger partial charge in [0.05, 0.1) is 5.41 Å². The molecule has 2 saturated heterocycles. The van der Waals surface area contributed by atoms with Gasteiger partial charge in [0, 0.05) is 25.7 Å². The number of hydrogen-bond acceptors (Lipinski definition) is 2. The van der Waals surface area contributed by atoms with Crippen LogP contribution < -0.4 is 0 Å². The number of carboxylic acid groups (broad SMARTS) is 1. The molecule has 5 heteroatoms. The number of likely N-dealkylation sites (tertiary alicyclic amines) is 2. The Morgan fingerprint density at radius 3 is 2.25 bits per heavy atom. The molecule has 2 fully saturated rings. The average Bonchev–Trinajstić information content (AvgIpc) is 2.38. The highest BCUT2D eigenvalue weighted by atomic mass is 16.4. The van der Waals surface area contributed by atoms with Crippen LogP contribution in [0.1, 0.15) is 46.5 Å². The molecule has 2 heterocycles. The van der Waals surface area contributed by atoms with Crippen molar-refractivity contribution in [2.45, 2.75) is 52.5 Å². The van der Waals surface area contributed by atoms with Crippen LogP contribution in [0.2, 0.25) is 0 Å². The topological polar surface area (TPSA) is 60.9 Å². The van der Waals surface area contributed by atoms with E-state index in [1.54, 1.807) is 6.92 Å². The first-order valence-corrected chi connectivity index (χ1v) is 7.62. The van der Waals surface area contributed by atoms with Crippen molar-refractivity contribution in [1.82, 2.24) is 9.80 Å². The molecule has 0 bridgehead atoms. The van der Waals surface area contributed by atoms with E-state index < -0.39 is 11.4 Å². The largest absolute Gasteiger partial charge is 0.481 e. The van der Waals surface area contributed by atoms with Crippen LogP contribution >= 0.6 is 0 Å². The monoisotopic (exact) mass is 282 g/mol. The molecule has 5 nitrogen and oxygen atoms in total. The number of carbonyl (C=O) groups is 2. The fraction of sp³-hybridized carbons (Fsp3) is 0.867. The van der Waals surface area contributed by atoms with Crippen LogP contribution in [0.4, 0.5) is 4.79 Å². The molecule has 2 aliphatic heterocycles. The van der Waals surface area contributed by atoms with E-state index in [2.05, 4.69) is 13.8 Å². The van der Waals surface area contributed by atoms with E-state index >= 15 is 0 Å². The third-order valence-electron chi connectivity index (χ3n) is 5.04. The first-order chi connectivity index (χ1) is 9.33. The molecule has 20 heavy (non-hydrogen) atoms. The third kappa shape index (κ3) is 2.91. The fourth-order valence-corrected chi connectivity index (χ4v) is 3.28. The summed E-state index contributed by atoms with van der Waals surface area (Å²) in [6, 6.07) is 0.385. The summed E-state index contributed by atoms with van der Waals surface area (Å²) in [5.41, 5.74) is -0.668. The van der Waals surface area contributed by atoms with Crippen LogP contribution in [0.25, 0.3) is 0 Å². The van der Waals surface area contributed by atoms with Gasteiger partial charge in [0.25, 0.3) is 0 Å². The van der Waals surface area contributed by atoms with Crippen molar-refractivity contribution in [3.05, 3.63) is 0 Å². The number of amides is 2. The molecular formula is C15H26N2O3. The summed E-state index contributed by atoms with van der Waals surface area (Å²) in [6.45, 7) is 8.06. The number of rotatable bonds is 1. The maximum Gasteiger partial charge on any atom is 0.320 e. The first-order valence-electron chi connectivity index (χ1n) is 7.62. The lowest BCUT2D eigenvalue weighted by atomic mass is 9.80. The summed E-state index contributed by atoms with van der Waals surface area (Å²) in [5.74, 6) is -0.0597. The van der Waals surface area contributed by atoms with Gasteiger partial charge in [0.15, 0.2) is 0 Å². The van der Waals surface area contributed by atoms with Crippen LogP contribution in [-0.2, 0) is 4.79 Å². The molecule has 2 aliphatic rings. The molecule has 2 unspecified atom stereocenters. The standard InChI is InChI=1S/C15H26N2O3/c1-11-4-7-17(12(2)10-11)14(20)16-8-5-15(3,6-9-16)13(18)19/h11-12H,4-10H2,1-3H3,(H,18,19). The fourth-order valence-electron chi connectivity index (χ4n) is 3.28. The summed E-state index contributed by atoms with van der Waals surface area (Å²) in [7, 11) is 0. The van der Waals surface area contributed by atoms with Crippen LogP contribution in [-0.4, -0.2) is 52.6 Å². The number of urea groups is 1. The summed E-state index contributed by atoms with van der Waals surface area (Å²) < 4.78 is 0. The smallest absolute Gasteiger partial charge is 0.320 e. The Kier molecular flexibility index (Phi) is 4.25. The zero-order chi connectivity index (χ0) is 14.9. The minimum absolute atomic E-state index is 0.0943. The van der Waals surface area contributed by atoms with E-state index in [4.69, 9.17) is 0 Å². The highest BCUT2D eigenvalue weighted by molar-refractivity contribution is 5.77. The Labute approximate surface area is 120 Å². The lowest BCUT2D eigenvalue weighted by Gasteiger charge is -2.42. The van der Waals surface area contributed by atoms with E-state index in [1.165, 1.54) is 0 Å². The number of aliphatic carboxylic acids is 1. The Morgan fingerprint density at radius 2 is 1.75 bits per heavy atom. The predicted molar refractivity (Wildman–Crippen MR) is 76.5 cm³/mol. The molecule has 2 amide bonds. The number of carbonyl (C=O) groups excluding carboxylic acids is 1. The second kappa shape index (κ2) is 5.62. The third-order valence-corrected chi connectivity index (χ3v) is 5.04. The van der Waals surface area contributed by atoms with Crippen LogP contribution in [0.5, 0.6) is 0 Å². The molecule has 0 aromatic heterocycles. The quantitative estimate of drug-likeness (QED) is 0.803. The van der Waals surface area contributed by atoms with Gasteiger partial charge in [0.1, 0.15) is 0 Å². The summed E-state index contributed by atoms with van der Waals surface area (Å²) in [5, 5.41) is 9.23. The Morgan fingerprint density at radius 1 is 1.15 bits per heavy atom.